The lowest BCUT2D eigenvalue weighted by Gasteiger charge is -2.28. The molecule has 4 rings (SSSR count). The van der Waals surface area contributed by atoms with Gasteiger partial charge < -0.3 is 10.6 Å². The molecule has 1 heterocycles. The molecular weight excluding hydrogens is 478 g/mol. The van der Waals surface area contributed by atoms with Gasteiger partial charge in [0, 0.05) is 32.7 Å². The third kappa shape index (κ3) is 5.25. The minimum Gasteiger partial charge on any atom is -0.377 e. The van der Waals surface area contributed by atoms with Crippen molar-refractivity contribution in [3.05, 3.63) is 91.9 Å². The lowest BCUT2D eigenvalue weighted by molar-refractivity contribution is 0.252. The van der Waals surface area contributed by atoms with Gasteiger partial charge in [-0.05, 0) is 54.1 Å². The Kier molecular flexibility index (Phi) is 6.58. The first kappa shape index (κ1) is 21.8. The molecule has 2 amide bonds. The Morgan fingerprint density at radius 1 is 0.903 bits per heavy atom. The van der Waals surface area contributed by atoms with Crippen LogP contribution in [0.3, 0.4) is 0 Å². The van der Waals surface area contributed by atoms with Gasteiger partial charge in [-0.25, -0.2) is 10.2 Å². The standard InChI is InChI=1S/C22H16Cl4N4O/c23-13-3-1-12(2-4-13)20-11-21(16-9-14(24)5-7-18(16)27-20)29-30-22(31)28-19-8-6-15(25)10-17(19)26/h1-10,20,27H,11H2,(H2,28,30,31). The topological polar surface area (TPSA) is 65.5 Å². The quantitative estimate of drug-likeness (QED) is 0.333. The zero-order valence-electron chi connectivity index (χ0n) is 15.9. The maximum absolute atomic E-state index is 12.4. The van der Waals surface area contributed by atoms with E-state index in [1.807, 2.05) is 36.4 Å². The number of nitrogens with zero attached hydrogens (tertiary/aromatic N) is 1. The van der Waals surface area contributed by atoms with E-state index >= 15 is 0 Å². The zero-order chi connectivity index (χ0) is 22.0. The van der Waals surface area contributed by atoms with Crippen LogP contribution >= 0.6 is 46.4 Å². The first-order valence-corrected chi connectivity index (χ1v) is 10.8. The summed E-state index contributed by atoms with van der Waals surface area (Å²) in [6.45, 7) is 0. The Hall–Kier alpha value is -2.44. The number of halogens is 4. The van der Waals surface area contributed by atoms with Crippen LogP contribution in [-0.4, -0.2) is 11.7 Å². The summed E-state index contributed by atoms with van der Waals surface area (Å²) < 4.78 is 0. The molecule has 1 atom stereocenters. The Balaban J connectivity index is 1.57. The van der Waals surface area contributed by atoms with Gasteiger partial charge in [-0.3, -0.25) is 0 Å². The van der Waals surface area contributed by atoms with Crippen LogP contribution in [0.5, 0.6) is 0 Å². The molecule has 3 aromatic carbocycles. The average Bonchev–Trinajstić information content (AvgIpc) is 2.74. The Morgan fingerprint density at radius 2 is 1.58 bits per heavy atom. The highest BCUT2D eigenvalue weighted by Crippen LogP contribution is 2.35. The van der Waals surface area contributed by atoms with Crippen molar-refractivity contribution < 1.29 is 4.79 Å². The van der Waals surface area contributed by atoms with Crippen molar-refractivity contribution >= 4 is 69.5 Å². The molecule has 9 heteroatoms. The van der Waals surface area contributed by atoms with Crippen LogP contribution in [0.1, 0.15) is 23.6 Å². The monoisotopic (exact) mass is 492 g/mol. The van der Waals surface area contributed by atoms with Gasteiger partial charge in [-0.15, -0.1) is 0 Å². The molecule has 1 aliphatic rings. The molecular formula is C22H16Cl4N4O. The number of hydrazone groups is 1. The lowest BCUT2D eigenvalue weighted by Crippen LogP contribution is -2.29. The van der Waals surface area contributed by atoms with Gasteiger partial charge >= 0.3 is 6.03 Å². The van der Waals surface area contributed by atoms with Gasteiger partial charge in [0.2, 0.25) is 0 Å². The molecule has 0 aliphatic carbocycles. The molecule has 31 heavy (non-hydrogen) atoms. The largest absolute Gasteiger partial charge is 0.377 e. The molecule has 3 aromatic rings. The summed E-state index contributed by atoms with van der Waals surface area (Å²) >= 11 is 24.2. The fourth-order valence-electron chi connectivity index (χ4n) is 3.28. The smallest absolute Gasteiger partial charge is 0.339 e. The molecule has 1 unspecified atom stereocenters. The van der Waals surface area contributed by atoms with Crippen LogP contribution in [-0.2, 0) is 0 Å². The Labute approximate surface area is 199 Å². The number of amides is 2. The van der Waals surface area contributed by atoms with Gasteiger partial charge in [-0.1, -0.05) is 58.5 Å². The van der Waals surface area contributed by atoms with Crippen LogP contribution in [0.25, 0.3) is 0 Å². The van der Waals surface area contributed by atoms with E-state index in [1.54, 1.807) is 24.3 Å². The van der Waals surface area contributed by atoms with Crippen molar-refractivity contribution in [1.29, 1.82) is 0 Å². The summed E-state index contributed by atoms with van der Waals surface area (Å²) in [5.74, 6) is 0. The number of carbonyl (C=O) groups excluding carboxylic acids is 1. The molecule has 0 radical (unpaired) electrons. The van der Waals surface area contributed by atoms with Crippen LogP contribution in [0, 0.1) is 0 Å². The van der Waals surface area contributed by atoms with Crippen molar-refractivity contribution in [2.75, 3.05) is 10.6 Å². The molecule has 158 valence electrons. The minimum atomic E-state index is -0.526. The van der Waals surface area contributed by atoms with Gasteiger partial charge in [-0.2, -0.15) is 5.10 Å². The molecule has 3 N–H and O–H groups in total. The molecule has 0 aromatic heterocycles. The van der Waals surface area contributed by atoms with Gasteiger partial charge in [0.1, 0.15) is 0 Å². The number of benzene rings is 3. The SMILES string of the molecule is O=C(NN=C1CC(c2ccc(Cl)cc2)Nc2ccc(Cl)cc21)Nc1ccc(Cl)cc1Cl. The summed E-state index contributed by atoms with van der Waals surface area (Å²) in [4.78, 5) is 12.4. The number of rotatable bonds is 3. The molecule has 1 aliphatic heterocycles. The van der Waals surface area contributed by atoms with Crippen molar-refractivity contribution in [2.24, 2.45) is 5.10 Å². The third-order valence-electron chi connectivity index (χ3n) is 4.76. The van der Waals surface area contributed by atoms with Crippen molar-refractivity contribution in [3.63, 3.8) is 0 Å². The van der Waals surface area contributed by atoms with E-state index in [0.29, 0.717) is 37.9 Å². The van der Waals surface area contributed by atoms with E-state index in [2.05, 4.69) is 21.2 Å². The van der Waals surface area contributed by atoms with Crippen LogP contribution < -0.4 is 16.1 Å². The van der Waals surface area contributed by atoms with E-state index < -0.39 is 6.03 Å². The molecule has 0 fully saturated rings. The second kappa shape index (κ2) is 9.37. The first-order valence-electron chi connectivity index (χ1n) is 9.29. The predicted octanol–water partition coefficient (Wildman–Crippen LogP) is 7.38. The second-order valence-electron chi connectivity index (χ2n) is 6.89. The average molecular weight is 494 g/mol. The normalized spacial score (nSPS) is 16.4. The molecule has 5 nitrogen and oxygen atoms in total. The van der Waals surface area contributed by atoms with Crippen LogP contribution in [0.15, 0.2) is 65.8 Å². The minimum absolute atomic E-state index is 0.0414. The fraction of sp³-hybridized carbons (Fsp3) is 0.0909. The van der Waals surface area contributed by atoms with E-state index in [-0.39, 0.29) is 6.04 Å². The van der Waals surface area contributed by atoms with E-state index in [1.165, 1.54) is 0 Å². The zero-order valence-corrected chi connectivity index (χ0v) is 18.9. The number of hydrogen-bond acceptors (Lipinski definition) is 3. The number of hydrogen-bond donors (Lipinski definition) is 3. The van der Waals surface area contributed by atoms with Crippen LogP contribution in [0.2, 0.25) is 20.1 Å². The highest BCUT2D eigenvalue weighted by Gasteiger charge is 2.25. The summed E-state index contributed by atoms with van der Waals surface area (Å²) in [6, 6.07) is 17.3. The van der Waals surface area contributed by atoms with Crippen molar-refractivity contribution in [3.8, 4) is 0 Å². The summed E-state index contributed by atoms with van der Waals surface area (Å²) in [5.41, 5.74) is 6.40. The highest BCUT2D eigenvalue weighted by molar-refractivity contribution is 6.36. The molecule has 0 spiro atoms. The Morgan fingerprint density at radius 3 is 2.32 bits per heavy atom. The van der Waals surface area contributed by atoms with E-state index in [4.69, 9.17) is 46.4 Å². The highest BCUT2D eigenvalue weighted by atomic mass is 35.5. The number of nitrogens with one attached hydrogen (secondary N) is 3. The number of urea groups is 1. The number of anilines is 2. The summed E-state index contributed by atoms with van der Waals surface area (Å²) in [6.07, 6.45) is 0.539. The second-order valence-corrected chi connectivity index (χ2v) is 8.61. The molecule has 0 saturated heterocycles. The first-order chi connectivity index (χ1) is 14.9. The number of carbonyl (C=O) groups is 1. The van der Waals surface area contributed by atoms with Gasteiger partial charge in [0.05, 0.1) is 22.5 Å². The summed E-state index contributed by atoms with van der Waals surface area (Å²) in [5, 5.41) is 12.6. The maximum atomic E-state index is 12.4. The number of fused-ring (bicyclic) bond motifs is 1. The van der Waals surface area contributed by atoms with E-state index in [9.17, 15) is 4.79 Å². The van der Waals surface area contributed by atoms with Gasteiger partial charge in [0.15, 0.2) is 0 Å². The summed E-state index contributed by atoms with van der Waals surface area (Å²) in [7, 11) is 0. The molecule has 0 saturated carbocycles. The van der Waals surface area contributed by atoms with E-state index in [0.717, 1.165) is 16.8 Å². The Bertz CT molecular complexity index is 1160. The van der Waals surface area contributed by atoms with Crippen molar-refractivity contribution in [1.82, 2.24) is 5.43 Å². The lowest BCUT2D eigenvalue weighted by atomic mass is 9.92. The molecule has 0 bridgehead atoms. The third-order valence-corrected chi connectivity index (χ3v) is 5.80. The van der Waals surface area contributed by atoms with Crippen LogP contribution in [0.4, 0.5) is 16.2 Å². The maximum Gasteiger partial charge on any atom is 0.339 e. The predicted molar refractivity (Wildman–Crippen MR) is 129 cm³/mol. The fourth-order valence-corrected chi connectivity index (χ4v) is 4.04. The van der Waals surface area contributed by atoms with Crippen molar-refractivity contribution in [2.45, 2.75) is 12.5 Å². The van der Waals surface area contributed by atoms with Gasteiger partial charge in [0.25, 0.3) is 0 Å².